The molecule has 0 saturated carbocycles. The molecule has 0 bridgehead atoms. The van der Waals surface area contributed by atoms with Crippen molar-refractivity contribution in [3.63, 3.8) is 0 Å². The van der Waals surface area contributed by atoms with E-state index in [1.165, 1.54) is 5.56 Å². The first-order chi connectivity index (χ1) is 12.7. The smallest absolute Gasteiger partial charge is 0.246 e. The topological polar surface area (TPSA) is 77.3 Å². The zero-order valence-electron chi connectivity index (χ0n) is 14.6. The van der Waals surface area contributed by atoms with E-state index in [9.17, 15) is 4.79 Å². The Hall–Kier alpha value is -3.15. The molecule has 3 rings (SSSR count). The number of carbonyl (C=O) groups excluding carboxylic acids is 1. The number of methoxy groups -OCH3 is 1. The average Bonchev–Trinajstić information content (AvgIpc) is 3.16. The number of hydrogen-bond donors (Lipinski definition) is 1. The Balaban J connectivity index is 1.44. The Bertz CT molecular complexity index is 829. The molecule has 1 aromatic heterocycles. The number of nitrogens with one attached hydrogen (secondary N) is 1. The molecule has 0 radical (unpaired) electrons. The van der Waals surface area contributed by atoms with Gasteiger partial charge in [-0.15, -0.1) is 0 Å². The summed E-state index contributed by atoms with van der Waals surface area (Å²) in [5.41, 5.74) is 2.07. The number of aryl methyl sites for hydroxylation is 1. The molecule has 1 amide bonds. The van der Waals surface area contributed by atoms with Crippen molar-refractivity contribution >= 4 is 5.91 Å². The molecule has 134 valence electrons. The van der Waals surface area contributed by atoms with E-state index in [4.69, 9.17) is 9.26 Å². The molecule has 0 spiro atoms. The van der Waals surface area contributed by atoms with Crippen molar-refractivity contribution in [2.24, 2.45) is 0 Å². The third-order valence-corrected chi connectivity index (χ3v) is 3.97. The number of rotatable bonds is 8. The Kier molecular flexibility index (Phi) is 5.98. The molecular formula is C20H21N3O3. The minimum absolute atomic E-state index is 0.0230. The maximum Gasteiger partial charge on any atom is 0.246 e. The van der Waals surface area contributed by atoms with Gasteiger partial charge >= 0.3 is 0 Å². The van der Waals surface area contributed by atoms with Crippen LogP contribution in [-0.4, -0.2) is 23.2 Å². The van der Waals surface area contributed by atoms with Gasteiger partial charge in [0.05, 0.1) is 13.7 Å². The number of amides is 1. The summed E-state index contributed by atoms with van der Waals surface area (Å²) in [6.07, 6.45) is 2.15. The predicted octanol–water partition coefficient (Wildman–Crippen LogP) is 3.38. The largest absolute Gasteiger partial charge is 0.497 e. The Morgan fingerprint density at radius 2 is 1.88 bits per heavy atom. The molecule has 2 aromatic carbocycles. The number of hydrogen-bond acceptors (Lipinski definition) is 5. The minimum atomic E-state index is -0.0230. The van der Waals surface area contributed by atoms with Crippen molar-refractivity contribution in [3.05, 3.63) is 66.1 Å². The first-order valence-electron chi connectivity index (χ1n) is 8.52. The highest BCUT2D eigenvalue weighted by molar-refractivity contribution is 5.75. The quantitative estimate of drug-likeness (QED) is 0.673. The summed E-state index contributed by atoms with van der Waals surface area (Å²) >= 11 is 0. The van der Waals surface area contributed by atoms with Crippen molar-refractivity contribution in [2.45, 2.75) is 25.8 Å². The molecule has 0 fully saturated rings. The predicted molar refractivity (Wildman–Crippen MR) is 97.5 cm³/mol. The van der Waals surface area contributed by atoms with E-state index in [1.807, 2.05) is 42.5 Å². The standard InChI is InChI=1S/C20H21N3O3/c1-25-17-12-10-16(11-13-17)20-22-19(26-23-20)14-21-18(24)9-5-8-15-6-3-2-4-7-15/h2-4,6-7,10-13H,5,8-9,14H2,1H3,(H,21,24). The maximum absolute atomic E-state index is 11.9. The van der Waals surface area contributed by atoms with Crippen LogP contribution < -0.4 is 10.1 Å². The van der Waals surface area contributed by atoms with Crippen molar-refractivity contribution < 1.29 is 14.1 Å². The summed E-state index contributed by atoms with van der Waals surface area (Å²) in [4.78, 5) is 16.2. The minimum Gasteiger partial charge on any atom is -0.497 e. The van der Waals surface area contributed by atoms with Crippen molar-refractivity contribution in [1.29, 1.82) is 0 Å². The van der Waals surface area contributed by atoms with E-state index in [0.717, 1.165) is 24.2 Å². The summed E-state index contributed by atoms with van der Waals surface area (Å²) in [6, 6.07) is 17.5. The number of ether oxygens (including phenoxy) is 1. The van der Waals surface area contributed by atoms with Crippen LogP contribution in [0.25, 0.3) is 11.4 Å². The molecule has 0 aliphatic rings. The first-order valence-corrected chi connectivity index (χ1v) is 8.52. The first kappa shape index (κ1) is 17.7. The molecule has 0 unspecified atom stereocenters. The van der Waals surface area contributed by atoms with Crippen LogP contribution in [0.15, 0.2) is 59.1 Å². The molecule has 0 aliphatic heterocycles. The van der Waals surface area contributed by atoms with Gasteiger partial charge in [-0.2, -0.15) is 4.98 Å². The highest BCUT2D eigenvalue weighted by Crippen LogP contribution is 2.19. The van der Waals surface area contributed by atoms with Gasteiger partial charge in [-0.05, 0) is 42.7 Å². The van der Waals surface area contributed by atoms with Gasteiger partial charge in [0.1, 0.15) is 5.75 Å². The molecule has 6 heteroatoms. The van der Waals surface area contributed by atoms with Gasteiger partial charge in [0.25, 0.3) is 0 Å². The number of aromatic nitrogens is 2. The molecule has 0 aliphatic carbocycles. The fourth-order valence-electron chi connectivity index (χ4n) is 2.54. The van der Waals surface area contributed by atoms with Crippen LogP contribution in [0.2, 0.25) is 0 Å². The van der Waals surface area contributed by atoms with Crippen molar-refractivity contribution in [1.82, 2.24) is 15.5 Å². The normalized spacial score (nSPS) is 10.5. The summed E-state index contributed by atoms with van der Waals surface area (Å²) < 4.78 is 10.3. The van der Waals surface area contributed by atoms with E-state index in [0.29, 0.717) is 18.1 Å². The van der Waals surface area contributed by atoms with E-state index < -0.39 is 0 Å². The fourth-order valence-corrected chi connectivity index (χ4v) is 2.54. The lowest BCUT2D eigenvalue weighted by Gasteiger charge is -2.03. The second-order valence-corrected chi connectivity index (χ2v) is 5.86. The van der Waals surface area contributed by atoms with Gasteiger partial charge in [-0.25, -0.2) is 0 Å². The van der Waals surface area contributed by atoms with Crippen LogP contribution >= 0.6 is 0 Å². The second-order valence-electron chi connectivity index (χ2n) is 5.86. The van der Waals surface area contributed by atoms with Crippen LogP contribution in [0.4, 0.5) is 0 Å². The van der Waals surface area contributed by atoms with Crippen LogP contribution in [0.5, 0.6) is 5.75 Å². The highest BCUT2D eigenvalue weighted by Gasteiger charge is 2.10. The summed E-state index contributed by atoms with van der Waals surface area (Å²) in [5.74, 6) is 1.61. The van der Waals surface area contributed by atoms with E-state index in [-0.39, 0.29) is 12.5 Å². The number of carbonyl (C=O) groups is 1. The van der Waals surface area contributed by atoms with Crippen molar-refractivity contribution in [2.75, 3.05) is 7.11 Å². The van der Waals surface area contributed by atoms with E-state index in [1.54, 1.807) is 7.11 Å². The lowest BCUT2D eigenvalue weighted by Crippen LogP contribution is -2.22. The zero-order chi connectivity index (χ0) is 18.2. The number of nitrogens with zero attached hydrogens (tertiary/aromatic N) is 2. The Morgan fingerprint density at radius 3 is 2.62 bits per heavy atom. The van der Waals surface area contributed by atoms with Gasteiger partial charge in [0.2, 0.25) is 17.6 Å². The second kappa shape index (κ2) is 8.80. The number of benzene rings is 2. The highest BCUT2D eigenvalue weighted by atomic mass is 16.5. The summed E-state index contributed by atoms with van der Waals surface area (Å²) in [7, 11) is 1.62. The van der Waals surface area contributed by atoms with Crippen LogP contribution in [0, 0.1) is 0 Å². The lowest BCUT2D eigenvalue weighted by atomic mass is 10.1. The van der Waals surface area contributed by atoms with E-state index in [2.05, 4.69) is 27.6 Å². The molecule has 3 aromatic rings. The average molecular weight is 351 g/mol. The van der Waals surface area contributed by atoms with Gasteiger partial charge in [0, 0.05) is 12.0 Å². The summed E-state index contributed by atoms with van der Waals surface area (Å²) in [6.45, 7) is 0.229. The molecule has 0 atom stereocenters. The van der Waals surface area contributed by atoms with Crippen molar-refractivity contribution in [3.8, 4) is 17.1 Å². The monoisotopic (exact) mass is 351 g/mol. The van der Waals surface area contributed by atoms with Crippen LogP contribution in [0.1, 0.15) is 24.3 Å². The van der Waals surface area contributed by atoms with Crippen LogP contribution in [-0.2, 0) is 17.8 Å². The molecular weight excluding hydrogens is 330 g/mol. The molecule has 0 saturated heterocycles. The van der Waals surface area contributed by atoms with Crippen LogP contribution in [0.3, 0.4) is 0 Å². The molecule has 26 heavy (non-hydrogen) atoms. The van der Waals surface area contributed by atoms with Gasteiger partial charge in [-0.3, -0.25) is 4.79 Å². The third-order valence-electron chi connectivity index (χ3n) is 3.97. The molecule has 1 N–H and O–H groups in total. The fraction of sp³-hybridized carbons (Fsp3) is 0.250. The van der Waals surface area contributed by atoms with Gasteiger partial charge in [-0.1, -0.05) is 35.5 Å². The van der Waals surface area contributed by atoms with Gasteiger partial charge < -0.3 is 14.6 Å². The molecule has 6 nitrogen and oxygen atoms in total. The van der Waals surface area contributed by atoms with E-state index >= 15 is 0 Å². The Labute approximate surface area is 152 Å². The SMILES string of the molecule is COc1ccc(-c2noc(CNC(=O)CCCc3ccccc3)n2)cc1. The van der Waals surface area contributed by atoms with Gasteiger partial charge in [0.15, 0.2) is 0 Å². The lowest BCUT2D eigenvalue weighted by molar-refractivity contribution is -0.121. The third kappa shape index (κ3) is 4.92. The Morgan fingerprint density at radius 1 is 1.12 bits per heavy atom. The summed E-state index contributed by atoms with van der Waals surface area (Å²) in [5, 5.41) is 6.76. The maximum atomic E-state index is 11.9. The zero-order valence-corrected chi connectivity index (χ0v) is 14.6. The molecule has 1 heterocycles.